The number of rotatable bonds is 6. The molecule has 5 nitrogen and oxygen atoms in total. The van der Waals surface area contributed by atoms with Crippen LogP contribution < -0.4 is 10.1 Å². The van der Waals surface area contributed by atoms with E-state index in [0.717, 1.165) is 5.56 Å². The lowest BCUT2D eigenvalue weighted by Gasteiger charge is -2.23. The van der Waals surface area contributed by atoms with Gasteiger partial charge < -0.3 is 15.0 Å². The van der Waals surface area contributed by atoms with Gasteiger partial charge in [0.1, 0.15) is 5.69 Å². The minimum absolute atomic E-state index is 0.00945. The molecule has 2 rings (SSSR count). The van der Waals surface area contributed by atoms with E-state index in [-0.39, 0.29) is 12.1 Å². The summed E-state index contributed by atoms with van der Waals surface area (Å²) >= 11 is 0. The van der Waals surface area contributed by atoms with Crippen molar-refractivity contribution >= 4 is 11.7 Å². The molecule has 1 aromatic heterocycles. The van der Waals surface area contributed by atoms with Gasteiger partial charge in [0, 0.05) is 19.3 Å². The molecule has 0 fully saturated rings. The Kier molecular flexibility index (Phi) is 6.18. The molecule has 128 valence electrons. The SMILES string of the molecule is CCN(Cc1ccccc1C)C(=O)Nc1cccnc1OC(C)C. The first kappa shape index (κ1) is 17.8. The molecule has 0 aliphatic carbocycles. The zero-order valence-corrected chi connectivity index (χ0v) is 14.7. The highest BCUT2D eigenvalue weighted by atomic mass is 16.5. The average Bonchev–Trinajstić information content (AvgIpc) is 2.55. The van der Waals surface area contributed by atoms with Gasteiger partial charge in [0.15, 0.2) is 0 Å². The Morgan fingerprint density at radius 2 is 2.00 bits per heavy atom. The minimum Gasteiger partial charge on any atom is -0.473 e. The van der Waals surface area contributed by atoms with Crippen LogP contribution in [0.5, 0.6) is 5.88 Å². The van der Waals surface area contributed by atoms with E-state index in [4.69, 9.17) is 4.74 Å². The maximum atomic E-state index is 12.6. The Hall–Kier alpha value is -2.56. The van der Waals surface area contributed by atoms with Gasteiger partial charge in [-0.15, -0.1) is 0 Å². The number of aryl methyl sites for hydroxylation is 1. The second-order valence-electron chi connectivity index (χ2n) is 5.89. The zero-order chi connectivity index (χ0) is 17.5. The fraction of sp³-hybridized carbons (Fsp3) is 0.368. The van der Waals surface area contributed by atoms with Crippen LogP contribution >= 0.6 is 0 Å². The summed E-state index contributed by atoms with van der Waals surface area (Å²) in [6.45, 7) is 9.05. The number of carbonyl (C=O) groups excluding carboxylic acids is 1. The van der Waals surface area contributed by atoms with Gasteiger partial charge in [-0.05, 0) is 51.0 Å². The molecule has 0 aliphatic heterocycles. The second kappa shape index (κ2) is 8.34. The number of ether oxygens (including phenoxy) is 1. The number of urea groups is 1. The van der Waals surface area contributed by atoms with Crippen molar-refractivity contribution in [3.05, 3.63) is 53.7 Å². The van der Waals surface area contributed by atoms with Gasteiger partial charge >= 0.3 is 6.03 Å². The number of nitrogens with one attached hydrogen (secondary N) is 1. The summed E-state index contributed by atoms with van der Waals surface area (Å²) in [7, 11) is 0. The van der Waals surface area contributed by atoms with Crippen LogP contribution in [0.4, 0.5) is 10.5 Å². The van der Waals surface area contributed by atoms with E-state index in [1.165, 1.54) is 5.56 Å². The molecule has 2 aromatic rings. The molecule has 0 unspecified atom stereocenters. The Morgan fingerprint density at radius 3 is 2.67 bits per heavy atom. The highest BCUT2D eigenvalue weighted by molar-refractivity contribution is 5.90. The Morgan fingerprint density at radius 1 is 1.25 bits per heavy atom. The van der Waals surface area contributed by atoms with Crippen molar-refractivity contribution in [2.45, 2.75) is 40.3 Å². The van der Waals surface area contributed by atoms with E-state index in [2.05, 4.69) is 23.3 Å². The molecule has 0 radical (unpaired) electrons. The van der Waals surface area contributed by atoms with E-state index in [0.29, 0.717) is 24.7 Å². The first-order valence-electron chi connectivity index (χ1n) is 8.23. The molecular formula is C19H25N3O2. The second-order valence-corrected chi connectivity index (χ2v) is 5.89. The van der Waals surface area contributed by atoms with Crippen molar-refractivity contribution in [1.29, 1.82) is 0 Å². The van der Waals surface area contributed by atoms with E-state index < -0.39 is 0 Å². The highest BCUT2D eigenvalue weighted by Crippen LogP contribution is 2.22. The zero-order valence-electron chi connectivity index (χ0n) is 14.7. The molecular weight excluding hydrogens is 302 g/mol. The van der Waals surface area contributed by atoms with Crippen LogP contribution in [0.2, 0.25) is 0 Å². The van der Waals surface area contributed by atoms with E-state index in [1.807, 2.05) is 39.0 Å². The van der Waals surface area contributed by atoms with Crippen LogP contribution in [0.3, 0.4) is 0 Å². The summed E-state index contributed by atoms with van der Waals surface area (Å²) < 4.78 is 5.65. The third-order valence-electron chi connectivity index (χ3n) is 3.65. The number of nitrogens with zero attached hydrogens (tertiary/aromatic N) is 2. The maximum Gasteiger partial charge on any atom is 0.322 e. The molecule has 5 heteroatoms. The van der Waals surface area contributed by atoms with Gasteiger partial charge in [0.25, 0.3) is 0 Å². The number of anilines is 1. The topological polar surface area (TPSA) is 54.5 Å². The molecule has 2 amide bonds. The number of hydrogen-bond donors (Lipinski definition) is 1. The standard InChI is InChI=1S/C19H25N3O2/c1-5-22(13-16-10-7-6-9-15(16)4)19(23)21-17-11-8-12-20-18(17)24-14(2)3/h6-12,14H,5,13H2,1-4H3,(H,21,23). The number of amides is 2. The molecule has 0 spiro atoms. The summed E-state index contributed by atoms with van der Waals surface area (Å²) in [5.74, 6) is 0.438. The monoisotopic (exact) mass is 327 g/mol. The number of aromatic nitrogens is 1. The minimum atomic E-state index is -0.164. The molecule has 0 saturated carbocycles. The van der Waals surface area contributed by atoms with E-state index >= 15 is 0 Å². The van der Waals surface area contributed by atoms with Crippen LogP contribution in [0.1, 0.15) is 31.9 Å². The summed E-state index contributed by atoms with van der Waals surface area (Å²) in [5, 5.41) is 2.91. The molecule has 1 aromatic carbocycles. The molecule has 0 saturated heterocycles. The molecule has 0 aliphatic rings. The Labute approximate surface area is 143 Å². The molecule has 24 heavy (non-hydrogen) atoms. The molecule has 0 atom stereocenters. The summed E-state index contributed by atoms with van der Waals surface area (Å²) in [6.07, 6.45) is 1.64. The number of benzene rings is 1. The van der Waals surface area contributed by atoms with Crippen LogP contribution in [0.25, 0.3) is 0 Å². The van der Waals surface area contributed by atoms with E-state index in [9.17, 15) is 4.79 Å². The smallest absolute Gasteiger partial charge is 0.322 e. The summed E-state index contributed by atoms with van der Waals surface area (Å²) in [6, 6.07) is 11.5. The lowest BCUT2D eigenvalue weighted by molar-refractivity contribution is 0.211. The fourth-order valence-corrected chi connectivity index (χ4v) is 2.32. The maximum absolute atomic E-state index is 12.6. The predicted octanol–water partition coefficient (Wildman–Crippen LogP) is 4.23. The van der Waals surface area contributed by atoms with Crippen LogP contribution in [0.15, 0.2) is 42.6 Å². The number of carbonyl (C=O) groups is 1. The van der Waals surface area contributed by atoms with Gasteiger partial charge in [-0.2, -0.15) is 0 Å². The van der Waals surface area contributed by atoms with Crippen molar-refractivity contribution in [3.8, 4) is 5.88 Å². The van der Waals surface area contributed by atoms with Gasteiger partial charge in [-0.1, -0.05) is 24.3 Å². The van der Waals surface area contributed by atoms with Gasteiger partial charge in [0.2, 0.25) is 5.88 Å². The van der Waals surface area contributed by atoms with Crippen molar-refractivity contribution in [1.82, 2.24) is 9.88 Å². The van der Waals surface area contributed by atoms with Gasteiger partial charge in [-0.3, -0.25) is 0 Å². The van der Waals surface area contributed by atoms with Gasteiger partial charge in [-0.25, -0.2) is 9.78 Å². The third-order valence-corrected chi connectivity index (χ3v) is 3.65. The van der Waals surface area contributed by atoms with Crippen molar-refractivity contribution in [2.24, 2.45) is 0 Å². The first-order valence-corrected chi connectivity index (χ1v) is 8.23. The largest absolute Gasteiger partial charge is 0.473 e. The number of pyridine rings is 1. The van der Waals surface area contributed by atoms with Crippen molar-refractivity contribution < 1.29 is 9.53 Å². The lowest BCUT2D eigenvalue weighted by atomic mass is 10.1. The summed E-state index contributed by atoms with van der Waals surface area (Å²) in [5.41, 5.74) is 2.90. The predicted molar refractivity (Wildman–Crippen MR) is 96.3 cm³/mol. The molecule has 1 N–H and O–H groups in total. The first-order chi connectivity index (χ1) is 11.5. The quantitative estimate of drug-likeness (QED) is 0.864. The van der Waals surface area contributed by atoms with Crippen molar-refractivity contribution in [2.75, 3.05) is 11.9 Å². The van der Waals surface area contributed by atoms with Crippen LogP contribution in [-0.2, 0) is 6.54 Å². The summed E-state index contributed by atoms with van der Waals surface area (Å²) in [4.78, 5) is 18.6. The highest BCUT2D eigenvalue weighted by Gasteiger charge is 2.16. The Balaban J connectivity index is 2.11. The van der Waals surface area contributed by atoms with Crippen molar-refractivity contribution in [3.63, 3.8) is 0 Å². The lowest BCUT2D eigenvalue weighted by Crippen LogP contribution is -2.34. The third kappa shape index (κ3) is 4.72. The van der Waals surface area contributed by atoms with E-state index in [1.54, 1.807) is 23.2 Å². The fourth-order valence-electron chi connectivity index (χ4n) is 2.32. The Bertz CT molecular complexity index is 686. The molecule has 1 heterocycles. The number of hydrogen-bond acceptors (Lipinski definition) is 3. The normalized spacial score (nSPS) is 10.5. The molecule has 0 bridgehead atoms. The average molecular weight is 327 g/mol. The van der Waals surface area contributed by atoms with Crippen LogP contribution in [0, 0.1) is 6.92 Å². The van der Waals surface area contributed by atoms with Gasteiger partial charge in [0.05, 0.1) is 6.10 Å². The van der Waals surface area contributed by atoms with Crippen LogP contribution in [-0.4, -0.2) is 28.6 Å².